The van der Waals surface area contributed by atoms with Gasteiger partial charge in [-0.1, -0.05) is 13.3 Å². The minimum Gasteiger partial charge on any atom is -0.379 e. The van der Waals surface area contributed by atoms with Gasteiger partial charge < -0.3 is 15.4 Å². The van der Waals surface area contributed by atoms with E-state index >= 15 is 0 Å². The molecular weight excluding hydrogens is 240 g/mol. The molecule has 1 aliphatic heterocycles. The van der Waals surface area contributed by atoms with Gasteiger partial charge in [-0.15, -0.1) is 0 Å². The van der Waals surface area contributed by atoms with Crippen LogP contribution in [0.25, 0.3) is 0 Å². The fraction of sp³-hybridized carbons (Fsp3) is 0.933. The summed E-state index contributed by atoms with van der Waals surface area (Å²) < 4.78 is 5.49. The average molecular weight is 266 g/mol. The van der Waals surface area contributed by atoms with Crippen LogP contribution in [0.1, 0.15) is 39.0 Å². The molecule has 1 heterocycles. The zero-order valence-corrected chi connectivity index (χ0v) is 11.9. The molecule has 5 unspecified atom stereocenters. The van der Waals surface area contributed by atoms with E-state index in [2.05, 4.69) is 17.6 Å². The van der Waals surface area contributed by atoms with E-state index < -0.39 is 0 Å². The molecule has 108 valence electrons. The second-order valence-corrected chi connectivity index (χ2v) is 6.49. The summed E-state index contributed by atoms with van der Waals surface area (Å²) in [4.78, 5) is 12.4. The van der Waals surface area contributed by atoms with Gasteiger partial charge in [0.25, 0.3) is 0 Å². The molecule has 19 heavy (non-hydrogen) atoms. The summed E-state index contributed by atoms with van der Waals surface area (Å²) in [5, 5.41) is 6.74. The Morgan fingerprint density at radius 1 is 1.21 bits per heavy atom. The van der Waals surface area contributed by atoms with Gasteiger partial charge in [-0.25, -0.2) is 0 Å². The lowest BCUT2D eigenvalue weighted by Crippen LogP contribution is -2.48. The second kappa shape index (κ2) is 5.80. The van der Waals surface area contributed by atoms with Crippen LogP contribution < -0.4 is 10.6 Å². The number of fused-ring (bicyclic) bond motifs is 2. The molecule has 3 aliphatic rings. The monoisotopic (exact) mass is 266 g/mol. The lowest BCUT2D eigenvalue weighted by molar-refractivity contribution is -0.126. The number of hydrogen-bond donors (Lipinski definition) is 2. The SMILES string of the molecule is CCCNC1COCC1C(=O)NC1CC2CCC1C2. The quantitative estimate of drug-likeness (QED) is 0.789. The van der Waals surface area contributed by atoms with E-state index in [1.54, 1.807) is 0 Å². The Balaban J connectivity index is 1.51. The lowest BCUT2D eigenvalue weighted by atomic mass is 9.94. The van der Waals surface area contributed by atoms with Crippen LogP contribution in [0.15, 0.2) is 0 Å². The predicted molar refractivity (Wildman–Crippen MR) is 73.8 cm³/mol. The normalized spacial score (nSPS) is 40.8. The Bertz CT molecular complexity index is 334. The van der Waals surface area contributed by atoms with Crippen LogP contribution >= 0.6 is 0 Å². The maximum atomic E-state index is 12.4. The maximum absolute atomic E-state index is 12.4. The zero-order valence-electron chi connectivity index (χ0n) is 11.9. The Labute approximate surface area is 115 Å². The molecule has 4 heteroatoms. The number of hydrogen-bond acceptors (Lipinski definition) is 3. The third-order valence-electron chi connectivity index (χ3n) is 5.14. The van der Waals surface area contributed by atoms with Crippen molar-refractivity contribution in [3.05, 3.63) is 0 Å². The van der Waals surface area contributed by atoms with Crippen molar-refractivity contribution in [1.82, 2.24) is 10.6 Å². The Morgan fingerprint density at radius 2 is 2.11 bits per heavy atom. The van der Waals surface area contributed by atoms with Crippen molar-refractivity contribution in [3.63, 3.8) is 0 Å². The van der Waals surface area contributed by atoms with Crippen LogP contribution in [0.4, 0.5) is 0 Å². The molecule has 2 N–H and O–H groups in total. The van der Waals surface area contributed by atoms with Crippen molar-refractivity contribution >= 4 is 5.91 Å². The second-order valence-electron chi connectivity index (χ2n) is 6.49. The van der Waals surface area contributed by atoms with E-state index in [1.165, 1.54) is 25.7 Å². The van der Waals surface area contributed by atoms with Gasteiger partial charge >= 0.3 is 0 Å². The van der Waals surface area contributed by atoms with Gasteiger partial charge in [-0.3, -0.25) is 4.79 Å². The number of carbonyl (C=O) groups is 1. The van der Waals surface area contributed by atoms with Crippen molar-refractivity contribution < 1.29 is 9.53 Å². The van der Waals surface area contributed by atoms with Gasteiger partial charge in [0, 0.05) is 12.1 Å². The topological polar surface area (TPSA) is 50.4 Å². The van der Waals surface area contributed by atoms with Gasteiger partial charge in [-0.2, -0.15) is 0 Å². The number of nitrogens with one attached hydrogen (secondary N) is 2. The van der Waals surface area contributed by atoms with Crippen LogP contribution in [0.5, 0.6) is 0 Å². The molecule has 0 aromatic heterocycles. The molecule has 1 saturated heterocycles. The molecule has 2 bridgehead atoms. The van der Waals surface area contributed by atoms with Gasteiger partial charge in [0.2, 0.25) is 5.91 Å². The molecule has 2 saturated carbocycles. The Morgan fingerprint density at radius 3 is 2.79 bits per heavy atom. The highest BCUT2D eigenvalue weighted by Gasteiger charge is 2.42. The summed E-state index contributed by atoms with van der Waals surface area (Å²) in [6, 6.07) is 0.650. The minimum atomic E-state index is 0.00526. The third-order valence-corrected chi connectivity index (χ3v) is 5.14. The molecule has 1 amide bonds. The van der Waals surface area contributed by atoms with Gasteiger partial charge in [0.1, 0.15) is 0 Å². The molecule has 3 fully saturated rings. The number of amides is 1. The van der Waals surface area contributed by atoms with E-state index in [9.17, 15) is 4.79 Å². The van der Waals surface area contributed by atoms with Crippen molar-refractivity contribution in [1.29, 1.82) is 0 Å². The van der Waals surface area contributed by atoms with Crippen molar-refractivity contribution in [2.45, 2.75) is 51.1 Å². The fourth-order valence-corrected chi connectivity index (χ4v) is 4.05. The van der Waals surface area contributed by atoms with Crippen molar-refractivity contribution in [3.8, 4) is 0 Å². The molecule has 0 spiro atoms. The highest BCUT2D eigenvalue weighted by Crippen LogP contribution is 2.44. The summed E-state index contributed by atoms with van der Waals surface area (Å²) in [5.74, 6) is 1.84. The smallest absolute Gasteiger partial charge is 0.227 e. The first kappa shape index (κ1) is 13.4. The number of ether oxygens (including phenoxy) is 1. The lowest BCUT2D eigenvalue weighted by Gasteiger charge is -2.26. The van der Waals surface area contributed by atoms with Crippen LogP contribution in [0.2, 0.25) is 0 Å². The van der Waals surface area contributed by atoms with Crippen LogP contribution in [-0.2, 0) is 9.53 Å². The molecule has 0 aromatic rings. The Hall–Kier alpha value is -0.610. The largest absolute Gasteiger partial charge is 0.379 e. The first-order chi connectivity index (χ1) is 9.28. The van der Waals surface area contributed by atoms with E-state index in [1.807, 2.05) is 0 Å². The molecular formula is C15H26N2O2. The molecule has 2 aliphatic carbocycles. The number of carbonyl (C=O) groups excluding carboxylic acids is 1. The van der Waals surface area contributed by atoms with Crippen LogP contribution in [-0.4, -0.2) is 37.7 Å². The summed E-state index contributed by atoms with van der Waals surface area (Å²) >= 11 is 0. The first-order valence-corrected chi connectivity index (χ1v) is 7.89. The maximum Gasteiger partial charge on any atom is 0.227 e. The standard InChI is InChI=1S/C15H26N2O2/c1-2-5-16-14-9-19-8-12(14)15(18)17-13-7-10-3-4-11(13)6-10/h10-14,16H,2-9H2,1H3,(H,17,18). The first-order valence-electron chi connectivity index (χ1n) is 7.89. The van der Waals surface area contributed by atoms with Gasteiger partial charge in [0.05, 0.1) is 19.1 Å². The van der Waals surface area contributed by atoms with Crippen LogP contribution in [0, 0.1) is 17.8 Å². The highest BCUT2D eigenvalue weighted by molar-refractivity contribution is 5.80. The summed E-state index contributed by atoms with van der Waals surface area (Å²) in [6.07, 6.45) is 6.33. The van der Waals surface area contributed by atoms with Crippen molar-refractivity contribution in [2.24, 2.45) is 17.8 Å². The predicted octanol–water partition coefficient (Wildman–Crippen LogP) is 1.31. The fourth-order valence-electron chi connectivity index (χ4n) is 4.05. The van der Waals surface area contributed by atoms with Crippen molar-refractivity contribution in [2.75, 3.05) is 19.8 Å². The highest BCUT2D eigenvalue weighted by atomic mass is 16.5. The third kappa shape index (κ3) is 2.79. The van der Waals surface area contributed by atoms with E-state index in [4.69, 9.17) is 4.74 Å². The summed E-state index contributed by atoms with van der Waals surface area (Å²) in [5.41, 5.74) is 0. The van der Waals surface area contributed by atoms with Gasteiger partial charge in [0.15, 0.2) is 0 Å². The van der Waals surface area contributed by atoms with Crippen LogP contribution in [0.3, 0.4) is 0 Å². The summed E-state index contributed by atoms with van der Waals surface area (Å²) in [6.45, 7) is 4.36. The molecule has 0 aromatic carbocycles. The molecule has 5 atom stereocenters. The molecule has 4 nitrogen and oxygen atoms in total. The zero-order chi connectivity index (χ0) is 13.2. The number of rotatable bonds is 5. The summed E-state index contributed by atoms with van der Waals surface area (Å²) in [7, 11) is 0. The molecule has 3 rings (SSSR count). The van der Waals surface area contributed by atoms with E-state index in [0.29, 0.717) is 19.3 Å². The molecule has 0 radical (unpaired) electrons. The van der Waals surface area contributed by atoms with E-state index in [0.717, 1.165) is 24.8 Å². The average Bonchev–Trinajstić information content (AvgIpc) is 3.11. The minimum absolute atomic E-state index is 0.00526. The Kier molecular flexibility index (Phi) is 4.08. The van der Waals surface area contributed by atoms with E-state index in [-0.39, 0.29) is 17.9 Å². The van der Waals surface area contributed by atoms with Gasteiger partial charge in [-0.05, 0) is 44.1 Å².